The molecule has 3 amide bonds. The summed E-state index contributed by atoms with van der Waals surface area (Å²) in [4.78, 5) is 39.4. The van der Waals surface area contributed by atoms with Crippen LogP contribution in [0.15, 0.2) is 71.6 Å². The lowest BCUT2D eigenvalue weighted by molar-refractivity contribution is 0.0664. The number of nitrogens with zero attached hydrogens (tertiary/aromatic N) is 1. The van der Waals surface area contributed by atoms with Gasteiger partial charge in [0, 0.05) is 27.9 Å². The van der Waals surface area contributed by atoms with Gasteiger partial charge in [-0.2, -0.15) is 0 Å². The molecule has 0 saturated carbocycles. The van der Waals surface area contributed by atoms with Crippen LogP contribution in [-0.2, 0) is 0 Å². The molecule has 5 nitrogen and oxygen atoms in total. The van der Waals surface area contributed by atoms with Gasteiger partial charge in [0.15, 0.2) is 0 Å². The van der Waals surface area contributed by atoms with E-state index in [4.69, 9.17) is 23.2 Å². The van der Waals surface area contributed by atoms with E-state index in [1.165, 1.54) is 22.7 Å². The SMILES string of the molecule is O=C(Nc1ccc(SCCN2C(=O)c3ccccc3C2=O)cc1)c1ccc(Cl)cc1Cl. The van der Waals surface area contributed by atoms with Gasteiger partial charge >= 0.3 is 0 Å². The van der Waals surface area contributed by atoms with Gasteiger partial charge in [-0.25, -0.2) is 0 Å². The van der Waals surface area contributed by atoms with E-state index in [-0.39, 0.29) is 22.7 Å². The fourth-order valence-electron chi connectivity index (χ4n) is 3.20. The van der Waals surface area contributed by atoms with E-state index < -0.39 is 0 Å². The largest absolute Gasteiger partial charge is 0.322 e. The molecule has 0 aliphatic carbocycles. The second-order valence-corrected chi connectivity index (χ2v) is 8.77. The Balaban J connectivity index is 1.32. The summed E-state index contributed by atoms with van der Waals surface area (Å²) in [5.74, 6) is -0.259. The summed E-state index contributed by atoms with van der Waals surface area (Å²) in [7, 11) is 0. The van der Waals surface area contributed by atoms with Crippen molar-refractivity contribution in [3.63, 3.8) is 0 Å². The third-order valence-electron chi connectivity index (χ3n) is 4.75. The van der Waals surface area contributed by atoms with Crippen molar-refractivity contribution in [1.82, 2.24) is 4.90 Å². The molecule has 1 aliphatic heterocycles. The van der Waals surface area contributed by atoms with Crippen LogP contribution < -0.4 is 5.32 Å². The molecule has 31 heavy (non-hydrogen) atoms. The van der Waals surface area contributed by atoms with Crippen LogP contribution in [0, 0.1) is 0 Å². The highest BCUT2D eigenvalue weighted by molar-refractivity contribution is 7.99. The zero-order valence-corrected chi connectivity index (χ0v) is 18.4. The summed E-state index contributed by atoms with van der Waals surface area (Å²) in [6, 6.07) is 18.9. The molecule has 1 N–H and O–H groups in total. The van der Waals surface area contributed by atoms with Gasteiger partial charge in [-0.1, -0.05) is 35.3 Å². The predicted octanol–water partition coefficient (Wildman–Crippen LogP) is 5.63. The second kappa shape index (κ2) is 9.14. The molecule has 3 aromatic carbocycles. The Bertz CT molecular complexity index is 1150. The minimum absolute atomic E-state index is 0.250. The maximum Gasteiger partial charge on any atom is 0.261 e. The Morgan fingerprint density at radius 1 is 0.903 bits per heavy atom. The molecule has 8 heteroatoms. The van der Waals surface area contributed by atoms with Crippen LogP contribution in [0.1, 0.15) is 31.1 Å². The smallest absolute Gasteiger partial charge is 0.261 e. The number of fused-ring (bicyclic) bond motifs is 1. The van der Waals surface area contributed by atoms with Gasteiger partial charge < -0.3 is 5.32 Å². The van der Waals surface area contributed by atoms with Crippen molar-refractivity contribution >= 4 is 58.4 Å². The van der Waals surface area contributed by atoms with Gasteiger partial charge in [-0.15, -0.1) is 11.8 Å². The first-order valence-corrected chi connectivity index (χ1v) is 11.1. The molecule has 156 valence electrons. The lowest BCUT2D eigenvalue weighted by atomic mass is 10.1. The van der Waals surface area contributed by atoms with E-state index in [0.717, 1.165) is 4.90 Å². The summed E-state index contributed by atoms with van der Waals surface area (Å²) in [6.07, 6.45) is 0. The van der Waals surface area contributed by atoms with E-state index in [2.05, 4.69) is 5.32 Å². The first-order chi connectivity index (χ1) is 14.9. The minimum atomic E-state index is -0.326. The average Bonchev–Trinajstić information content (AvgIpc) is 3.00. The van der Waals surface area contributed by atoms with Crippen molar-refractivity contribution in [2.24, 2.45) is 0 Å². The van der Waals surface area contributed by atoms with E-state index in [1.54, 1.807) is 48.5 Å². The van der Waals surface area contributed by atoms with Crippen LogP contribution in [0.5, 0.6) is 0 Å². The Hall–Kier alpha value is -2.80. The summed E-state index contributed by atoms with van der Waals surface area (Å²) < 4.78 is 0. The molecule has 0 unspecified atom stereocenters. The Morgan fingerprint density at radius 2 is 1.55 bits per heavy atom. The molecular weight excluding hydrogens is 455 g/mol. The topological polar surface area (TPSA) is 66.5 Å². The number of imide groups is 1. The maximum absolute atomic E-state index is 12.4. The van der Waals surface area contributed by atoms with Crippen LogP contribution in [0.3, 0.4) is 0 Å². The number of halogens is 2. The van der Waals surface area contributed by atoms with Crippen molar-refractivity contribution in [3.05, 3.63) is 93.5 Å². The van der Waals surface area contributed by atoms with Crippen molar-refractivity contribution in [3.8, 4) is 0 Å². The van der Waals surface area contributed by atoms with Crippen molar-refractivity contribution in [2.75, 3.05) is 17.6 Å². The highest BCUT2D eigenvalue weighted by atomic mass is 35.5. The number of carbonyl (C=O) groups excluding carboxylic acids is 3. The van der Waals surface area contributed by atoms with Crippen molar-refractivity contribution in [1.29, 1.82) is 0 Å². The molecular formula is C23H16Cl2N2O3S. The molecule has 3 aromatic rings. The number of thioether (sulfide) groups is 1. The van der Waals surface area contributed by atoms with Gasteiger partial charge in [0.1, 0.15) is 0 Å². The summed E-state index contributed by atoms with van der Waals surface area (Å²) in [6.45, 7) is 0.324. The maximum atomic E-state index is 12.4. The fourth-order valence-corrected chi connectivity index (χ4v) is 4.54. The van der Waals surface area contributed by atoms with Gasteiger partial charge in [0.05, 0.1) is 21.7 Å². The molecule has 4 rings (SSSR count). The van der Waals surface area contributed by atoms with E-state index in [9.17, 15) is 14.4 Å². The quantitative estimate of drug-likeness (QED) is 0.374. The zero-order chi connectivity index (χ0) is 22.0. The Morgan fingerprint density at radius 3 is 2.16 bits per heavy atom. The normalized spacial score (nSPS) is 12.8. The Kier molecular flexibility index (Phi) is 6.32. The number of nitrogens with one attached hydrogen (secondary N) is 1. The first kappa shape index (κ1) is 21.4. The third-order valence-corrected chi connectivity index (χ3v) is 6.29. The summed E-state index contributed by atoms with van der Waals surface area (Å²) >= 11 is 13.5. The standard InChI is InChI=1S/C23H16Cl2N2O3S/c24-14-5-10-19(20(25)13-14)21(28)26-15-6-8-16(9-7-15)31-12-11-27-22(29)17-3-1-2-4-18(17)23(27)30/h1-10,13H,11-12H2,(H,26,28). The molecule has 0 bridgehead atoms. The predicted molar refractivity (Wildman–Crippen MR) is 123 cm³/mol. The number of rotatable bonds is 6. The van der Waals surface area contributed by atoms with Crippen LogP contribution in [0.2, 0.25) is 10.0 Å². The van der Waals surface area contributed by atoms with Gasteiger partial charge in [-0.3, -0.25) is 19.3 Å². The second-order valence-electron chi connectivity index (χ2n) is 6.76. The Labute approximate surface area is 193 Å². The van der Waals surface area contributed by atoms with Gasteiger partial charge in [0.25, 0.3) is 17.7 Å². The zero-order valence-electron chi connectivity index (χ0n) is 16.1. The number of hydrogen-bond acceptors (Lipinski definition) is 4. The van der Waals surface area contributed by atoms with Crippen LogP contribution in [0.4, 0.5) is 5.69 Å². The number of carbonyl (C=O) groups is 3. The van der Waals surface area contributed by atoms with Crippen LogP contribution in [-0.4, -0.2) is 34.9 Å². The lowest BCUT2D eigenvalue weighted by Gasteiger charge is -2.13. The van der Waals surface area contributed by atoms with E-state index >= 15 is 0 Å². The number of amides is 3. The molecule has 0 radical (unpaired) electrons. The van der Waals surface area contributed by atoms with E-state index in [0.29, 0.717) is 39.7 Å². The molecule has 1 heterocycles. The summed E-state index contributed by atoms with van der Waals surface area (Å²) in [5.41, 5.74) is 1.88. The monoisotopic (exact) mass is 470 g/mol. The van der Waals surface area contributed by atoms with Gasteiger partial charge in [-0.05, 0) is 54.6 Å². The fraction of sp³-hybridized carbons (Fsp3) is 0.0870. The average molecular weight is 471 g/mol. The molecule has 0 spiro atoms. The summed E-state index contributed by atoms with van der Waals surface area (Å²) in [5, 5.41) is 3.54. The molecule has 0 saturated heterocycles. The molecule has 1 aliphatic rings. The lowest BCUT2D eigenvalue weighted by Crippen LogP contribution is -2.31. The van der Waals surface area contributed by atoms with Crippen molar-refractivity contribution < 1.29 is 14.4 Å². The molecule has 0 aromatic heterocycles. The van der Waals surface area contributed by atoms with Crippen LogP contribution in [0.25, 0.3) is 0 Å². The number of anilines is 1. The number of hydrogen-bond donors (Lipinski definition) is 1. The van der Waals surface area contributed by atoms with Crippen molar-refractivity contribution in [2.45, 2.75) is 4.90 Å². The van der Waals surface area contributed by atoms with E-state index in [1.807, 2.05) is 12.1 Å². The number of benzene rings is 3. The van der Waals surface area contributed by atoms with Gasteiger partial charge in [0.2, 0.25) is 0 Å². The molecule has 0 fully saturated rings. The molecule has 0 atom stereocenters. The third kappa shape index (κ3) is 4.61. The minimum Gasteiger partial charge on any atom is -0.322 e. The highest BCUT2D eigenvalue weighted by Crippen LogP contribution is 2.26. The highest BCUT2D eigenvalue weighted by Gasteiger charge is 2.34. The van der Waals surface area contributed by atoms with Crippen LogP contribution >= 0.6 is 35.0 Å². The first-order valence-electron chi connectivity index (χ1n) is 9.38.